The fraction of sp³-hybridized carbons (Fsp3) is 0.111. The summed E-state index contributed by atoms with van der Waals surface area (Å²) in [5.41, 5.74) is 7.22. The van der Waals surface area contributed by atoms with Crippen molar-refractivity contribution in [2.45, 2.75) is 13.5 Å². The summed E-state index contributed by atoms with van der Waals surface area (Å²) in [6, 6.07) is 8.90. The van der Waals surface area contributed by atoms with Crippen molar-refractivity contribution in [2.75, 3.05) is 11.1 Å². The second-order valence-electron chi connectivity index (χ2n) is 6.03. The van der Waals surface area contributed by atoms with Crippen LogP contribution in [0, 0.1) is 12.7 Å². The number of nitrogen functional groups attached to an aromatic ring is 1. The van der Waals surface area contributed by atoms with Gasteiger partial charge in [0.15, 0.2) is 18.1 Å². The zero-order chi connectivity index (χ0) is 20.4. The SMILES string of the molecule is Cc1nnc2ccc(C(=O)OCc3nc(N)nc(Nc4ccc(F)cc4)n3)cn12. The van der Waals surface area contributed by atoms with Crippen LogP contribution in [-0.4, -0.2) is 35.5 Å². The Hall–Kier alpha value is -4.15. The van der Waals surface area contributed by atoms with Crippen LogP contribution < -0.4 is 11.1 Å². The highest BCUT2D eigenvalue weighted by Crippen LogP contribution is 2.15. The molecule has 0 atom stereocenters. The number of aryl methyl sites for hydroxylation is 1. The minimum atomic E-state index is -0.563. The number of carbonyl (C=O) groups excluding carboxylic acids is 1. The standard InChI is InChI=1S/C18H15FN8O2/c1-10-25-26-15-7-2-11(8-27(10)15)16(28)29-9-14-22-17(20)24-18(23-14)21-13-5-3-12(19)4-6-13/h2-8H,9H2,1H3,(H3,20,21,22,23,24). The Morgan fingerprint density at radius 3 is 2.72 bits per heavy atom. The number of halogens is 1. The van der Waals surface area contributed by atoms with Crippen molar-refractivity contribution < 1.29 is 13.9 Å². The fourth-order valence-electron chi connectivity index (χ4n) is 2.56. The maximum absolute atomic E-state index is 13.0. The second kappa shape index (κ2) is 7.46. The summed E-state index contributed by atoms with van der Waals surface area (Å²) in [7, 11) is 0. The van der Waals surface area contributed by atoms with Crippen LogP contribution in [0.3, 0.4) is 0 Å². The lowest BCUT2D eigenvalue weighted by atomic mass is 10.3. The highest BCUT2D eigenvalue weighted by atomic mass is 19.1. The van der Waals surface area contributed by atoms with Gasteiger partial charge in [-0.2, -0.15) is 15.0 Å². The van der Waals surface area contributed by atoms with Crippen molar-refractivity contribution in [1.82, 2.24) is 29.5 Å². The Labute approximate surface area is 163 Å². The Morgan fingerprint density at radius 2 is 1.93 bits per heavy atom. The molecule has 4 rings (SSSR count). The van der Waals surface area contributed by atoms with Crippen LogP contribution in [0.1, 0.15) is 22.0 Å². The number of nitrogens with zero attached hydrogens (tertiary/aromatic N) is 6. The van der Waals surface area contributed by atoms with Crippen LogP contribution in [0.25, 0.3) is 5.65 Å². The Balaban J connectivity index is 1.47. The maximum Gasteiger partial charge on any atom is 0.340 e. The van der Waals surface area contributed by atoms with Gasteiger partial charge in [0, 0.05) is 11.9 Å². The van der Waals surface area contributed by atoms with Gasteiger partial charge in [0.1, 0.15) is 11.6 Å². The van der Waals surface area contributed by atoms with E-state index in [2.05, 4.69) is 30.5 Å². The third kappa shape index (κ3) is 4.08. The van der Waals surface area contributed by atoms with Gasteiger partial charge in [0.05, 0.1) is 5.56 Å². The first-order chi connectivity index (χ1) is 14.0. The Morgan fingerprint density at radius 1 is 1.14 bits per heavy atom. The van der Waals surface area contributed by atoms with E-state index in [1.807, 2.05) is 0 Å². The number of benzene rings is 1. The molecule has 0 radical (unpaired) electrons. The molecule has 0 aliphatic heterocycles. The molecule has 29 heavy (non-hydrogen) atoms. The molecule has 0 unspecified atom stereocenters. The molecule has 10 nitrogen and oxygen atoms in total. The number of hydrogen-bond donors (Lipinski definition) is 2. The monoisotopic (exact) mass is 394 g/mol. The van der Waals surface area contributed by atoms with E-state index < -0.39 is 5.97 Å². The number of rotatable bonds is 5. The molecule has 0 aliphatic carbocycles. The minimum absolute atomic E-state index is 0.0443. The molecule has 1 aromatic carbocycles. The average Bonchev–Trinajstić information content (AvgIpc) is 3.08. The van der Waals surface area contributed by atoms with Gasteiger partial charge in [0.25, 0.3) is 0 Å². The third-order valence-electron chi connectivity index (χ3n) is 3.94. The maximum atomic E-state index is 13.0. The van der Waals surface area contributed by atoms with E-state index in [1.54, 1.807) is 29.7 Å². The molecule has 0 spiro atoms. The molecule has 3 heterocycles. The first kappa shape index (κ1) is 18.2. The lowest BCUT2D eigenvalue weighted by molar-refractivity contribution is 0.0461. The molecule has 3 N–H and O–H groups in total. The third-order valence-corrected chi connectivity index (χ3v) is 3.94. The van der Waals surface area contributed by atoms with E-state index in [4.69, 9.17) is 10.5 Å². The van der Waals surface area contributed by atoms with Crippen LogP contribution in [0.15, 0.2) is 42.6 Å². The lowest BCUT2D eigenvalue weighted by Crippen LogP contribution is -2.11. The van der Waals surface area contributed by atoms with Crippen molar-refractivity contribution in [3.05, 3.63) is 65.6 Å². The molecule has 3 aromatic heterocycles. The van der Waals surface area contributed by atoms with Crippen molar-refractivity contribution in [1.29, 1.82) is 0 Å². The molecule has 0 aliphatic rings. The molecule has 0 bridgehead atoms. The Kier molecular flexibility index (Phi) is 4.69. The number of esters is 1. The number of fused-ring (bicyclic) bond motifs is 1. The van der Waals surface area contributed by atoms with Crippen LogP contribution in [0.4, 0.5) is 22.0 Å². The summed E-state index contributed by atoms with van der Waals surface area (Å²) in [5, 5.41) is 10.8. The highest BCUT2D eigenvalue weighted by Gasteiger charge is 2.12. The molecule has 146 valence electrons. The van der Waals surface area contributed by atoms with E-state index in [9.17, 15) is 9.18 Å². The van der Waals surface area contributed by atoms with Crippen LogP contribution in [-0.2, 0) is 11.3 Å². The van der Waals surface area contributed by atoms with Crippen LogP contribution in [0.2, 0.25) is 0 Å². The molecule has 0 fully saturated rings. The zero-order valence-corrected chi connectivity index (χ0v) is 15.2. The second-order valence-corrected chi connectivity index (χ2v) is 6.03. The van der Waals surface area contributed by atoms with Gasteiger partial charge in [-0.1, -0.05) is 0 Å². The van der Waals surface area contributed by atoms with E-state index in [0.29, 0.717) is 22.7 Å². The first-order valence-corrected chi connectivity index (χ1v) is 8.49. The predicted molar refractivity (Wildman–Crippen MR) is 101 cm³/mol. The van der Waals surface area contributed by atoms with Crippen molar-refractivity contribution in [3.8, 4) is 0 Å². The average molecular weight is 394 g/mol. The number of nitrogens with one attached hydrogen (secondary N) is 1. The van der Waals surface area contributed by atoms with E-state index in [0.717, 1.165) is 0 Å². The molecular weight excluding hydrogens is 379 g/mol. The number of nitrogens with two attached hydrogens (primary N) is 1. The largest absolute Gasteiger partial charge is 0.454 e. The first-order valence-electron chi connectivity index (χ1n) is 8.49. The smallest absolute Gasteiger partial charge is 0.340 e. The van der Waals surface area contributed by atoms with E-state index in [1.165, 1.54) is 24.3 Å². The summed E-state index contributed by atoms with van der Waals surface area (Å²) in [6.07, 6.45) is 1.59. The summed E-state index contributed by atoms with van der Waals surface area (Å²) < 4.78 is 20.0. The van der Waals surface area contributed by atoms with E-state index in [-0.39, 0.29) is 30.1 Å². The summed E-state index contributed by atoms with van der Waals surface area (Å²) >= 11 is 0. The molecule has 4 aromatic rings. The fourth-order valence-corrected chi connectivity index (χ4v) is 2.56. The van der Waals surface area contributed by atoms with Gasteiger partial charge >= 0.3 is 5.97 Å². The lowest BCUT2D eigenvalue weighted by Gasteiger charge is -2.08. The van der Waals surface area contributed by atoms with Gasteiger partial charge in [0.2, 0.25) is 11.9 Å². The molecule has 0 saturated heterocycles. The number of pyridine rings is 1. The van der Waals surface area contributed by atoms with Gasteiger partial charge < -0.3 is 15.8 Å². The van der Waals surface area contributed by atoms with Gasteiger partial charge in [-0.05, 0) is 43.3 Å². The zero-order valence-electron chi connectivity index (χ0n) is 15.2. The number of hydrogen-bond acceptors (Lipinski definition) is 9. The number of anilines is 3. The van der Waals surface area contributed by atoms with Gasteiger partial charge in [-0.25, -0.2) is 9.18 Å². The van der Waals surface area contributed by atoms with Crippen molar-refractivity contribution in [3.63, 3.8) is 0 Å². The molecule has 0 amide bonds. The van der Waals surface area contributed by atoms with Crippen molar-refractivity contribution in [2.24, 2.45) is 0 Å². The van der Waals surface area contributed by atoms with Gasteiger partial charge in [-0.3, -0.25) is 4.40 Å². The van der Waals surface area contributed by atoms with Gasteiger partial charge in [-0.15, -0.1) is 10.2 Å². The number of ether oxygens (including phenoxy) is 1. The quantitative estimate of drug-likeness (QED) is 0.488. The number of aromatic nitrogens is 6. The van der Waals surface area contributed by atoms with E-state index >= 15 is 0 Å². The van der Waals surface area contributed by atoms with Crippen LogP contribution >= 0.6 is 0 Å². The summed E-state index contributed by atoms with van der Waals surface area (Å²) in [6.45, 7) is 1.57. The number of carbonyl (C=O) groups is 1. The van der Waals surface area contributed by atoms with Crippen LogP contribution in [0.5, 0.6) is 0 Å². The summed E-state index contributed by atoms with van der Waals surface area (Å²) in [5.74, 6) is -0.00695. The highest BCUT2D eigenvalue weighted by molar-refractivity contribution is 5.89. The predicted octanol–water partition coefficient (Wildman–Crippen LogP) is 2.04. The normalized spacial score (nSPS) is 10.8. The topological polar surface area (TPSA) is 133 Å². The van der Waals surface area contributed by atoms with Crippen molar-refractivity contribution >= 4 is 29.2 Å². The molecular formula is C18H15FN8O2. The summed E-state index contributed by atoms with van der Waals surface area (Å²) in [4.78, 5) is 24.5. The minimum Gasteiger partial charge on any atom is -0.454 e. The molecule has 0 saturated carbocycles. The Bertz CT molecular complexity index is 1190. The molecule has 11 heteroatoms.